The first-order chi connectivity index (χ1) is 9.07. The van der Waals surface area contributed by atoms with Gasteiger partial charge < -0.3 is 10.2 Å². The fourth-order valence-electron chi connectivity index (χ4n) is 2.61. The van der Waals surface area contributed by atoms with Crippen LogP contribution in [-0.4, -0.2) is 35.1 Å². The molecule has 4 nitrogen and oxygen atoms in total. The van der Waals surface area contributed by atoms with Crippen molar-refractivity contribution in [2.45, 2.75) is 19.4 Å². The average Bonchev–Trinajstić information content (AvgIpc) is 2.37. The number of hydrogen-bond donors (Lipinski definition) is 1. The highest BCUT2D eigenvalue weighted by Crippen LogP contribution is 2.26. The summed E-state index contributed by atoms with van der Waals surface area (Å²) < 4.78 is 13.8. The first-order valence-electron chi connectivity index (χ1n) is 6.46. The van der Waals surface area contributed by atoms with Crippen molar-refractivity contribution in [1.82, 2.24) is 15.3 Å². The standard InChI is InChI=1S/C14H17FN4/c1-14(2)8-19(7-6-18-14)13-10-4-3-5-11(15)12(10)16-9-17-13/h3-5,9,18H,6-8H2,1-2H3. The Morgan fingerprint density at radius 1 is 1.32 bits per heavy atom. The molecule has 0 aliphatic carbocycles. The van der Waals surface area contributed by atoms with Gasteiger partial charge in [-0.25, -0.2) is 14.4 Å². The maximum atomic E-state index is 13.8. The summed E-state index contributed by atoms with van der Waals surface area (Å²) in [5, 5.41) is 4.24. The molecule has 1 aliphatic rings. The molecule has 1 aliphatic heterocycles. The fourth-order valence-corrected chi connectivity index (χ4v) is 2.61. The summed E-state index contributed by atoms with van der Waals surface area (Å²) in [7, 11) is 0. The van der Waals surface area contributed by atoms with Gasteiger partial charge in [-0.05, 0) is 26.0 Å². The SMILES string of the molecule is CC1(C)CN(c2ncnc3c(F)cccc23)CCN1. The van der Waals surface area contributed by atoms with Crippen LogP contribution in [0.5, 0.6) is 0 Å². The highest BCUT2D eigenvalue weighted by atomic mass is 19.1. The molecule has 0 amide bonds. The van der Waals surface area contributed by atoms with Crippen LogP contribution in [-0.2, 0) is 0 Å². The molecule has 0 radical (unpaired) electrons. The Hall–Kier alpha value is -1.75. The second-order valence-electron chi connectivity index (χ2n) is 5.57. The summed E-state index contributed by atoms with van der Waals surface area (Å²) in [5.74, 6) is 0.523. The molecule has 0 unspecified atom stereocenters. The normalized spacial score (nSPS) is 18.8. The molecule has 5 heteroatoms. The first kappa shape index (κ1) is 12.3. The van der Waals surface area contributed by atoms with Crippen LogP contribution in [0, 0.1) is 5.82 Å². The van der Waals surface area contributed by atoms with E-state index in [1.165, 1.54) is 12.4 Å². The number of hydrogen-bond acceptors (Lipinski definition) is 4. The lowest BCUT2D eigenvalue weighted by Gasteiger charge is -2.40. The number of anilines is 1. The molecule has 0 atom stereocenters. The Morgan fingerprint density at radius 3 is 2.95 bits per heavy atom. The quantitative estimate of drug-likeness (QED) is 0.851. The van der Waals surface area contributed by atoms with E-state index in [-0.39, 0.29) is 11.4 Å². The van der Waals surface area contributed by atoms with E-state index in [4.69, 9.17) is 0 Å². The molecular formula is C14H17FN4. The molecule has 0 bridgehead atoms. The third-order valence-electron chi connectivity index (χ3n) is 3.47. The summed E-state index contributed by atoms with van der Waals surface area (Å²) in [4.78, 5) is 10.6. The zero-order chi connectivity index (χ0) is 13.5. The first-order valence-corrected chi connectivity index (χ1v) is 6.46. The number of nitrogens with zero attached hydrogens (tertiary/aromatic N) is 3. The van der Waals surface area contributed by atoms with E-state index in [0.717, 1.165) is 30.8 Å². The van der Waals surface area contributed by atoms with Crippen molar-refractivity contribution >= 4 is 16.7 Å². The van der Waals surface area contributed by atoms with Crippen LogP contribution >= 0.6 is 0 Å². The van der Waals surface area contributed by atoms with Gasteiger partial charge in [-0.2, -0.15) is 0 Å². The second kappa shape index (κ2) is 4.42. The molecule has 3 rings (SSSR count). The van der Waals surface area contributed by atoms with Gasteiger partial charge in [0.2, 0.25) is 0 Å². The second-order valence-corrected chi connectivity index (χ2v) is 5.57. The number of fused-ring (bicyclic) bond motifs is 1. The zero-order valence-corrected chi connectivity index (χ0v) is 11.2. The molecule has 1 saturated heterocycles. The monoisotopic (exact) mass is 260 g/mol. The van der Waals surface area contributed by atoms with Crippen molar-refractivity contribution < 1.29 is 4.39 Å². The molecule has 19 heavy (non-hydrogen) atoms. The minimum atomic E-state index is -0.296. The third-order valence-corrected chi connectivity index (χ3v) is 3.47. The van der Waals surface area contributed by atoms with E-state index >= 15 is 0 Å². The van der Waals surface area contributed by atoms with Crippen LogP contribution in [0.25, 0.3) is 10.9 Å². The van der Waals surface area contributed by atoms with Crippen LogP contribution in [0.15, 0.2) is 24.5 Å². The molecule has 2 heterocycles. The number of rotatable bonds is 1. The number of para-hydroxylation sites is 1. The Bertz CT molecular complexity index is 611. The maximum absolute atomic E-state index is 13.8. The van der Waals surface area contributed by atoms with Gasteiger partial charge in [0, 0.05) is 30.6 Å². The molecule has 100 valence electrons. The van der Waals surface area contributed by atoms with Crippen molar-refractivity contribution in [3.05, 3.63) is 30.3 Å². The minimum absolute atomic E-state index is 0.0306. The van der Waals surface area contributed by atoms with Gasteiger partial charge in [-0.3, -0.25) is 0 Å². The van der Waals surface area contributed by atoms with Crippen LogP contribution in [0.1, 0.15) is 13.8 Å². The molecular weight excluding hydrogens is 243 g/mol. The predicted molar refractivity (Wildman–Crippen MR) is 73.8 cm³/mol. The Labute approximate surface area is 111 Å². The Balaban J connectivity index is 2.08. The van der Waals surface area contributed by atoms with Gasteiger partial charge in [0.1, 0.15) is 23.5 Å². The van der Waals surface area contributed by atoms with E-state index in [1.54, 1.807) is 6.07 Å². The van der Waals surface area contributed by atoms with Gasteiger partial charge in [-0.1, -0.05) is 6.07 Å². The maximum Gasteiger partial charge on any atom is 0.149 e. The van der Waals surface area contributed by atoms with Crippen molar-refractivity contribution in [3.63, 3.8) is 0 Å². The smallest absolute Gasteiger partial charge is 0.149 e. The van der Waals surface area contributed by atoms with E-state index in [2.05, 4.69) is 34.0 Å². The van der Waals surface area contributed by atoms with Crippen LogP contribution < -0.4 is 10.2 Å². The molecule has 0 saturated carbocycles. The number of nitrogens with one attached hydrogen (secondary N) is 1. The number of benzene rings is 1. The van der Waals surface area contributed by atoms with Crippen molar-refractivity contribution in [1.29, 1.82) is 0 Å². The van der Waals surface area contributed by atoms with Gasteiger partial charge >= 0.3 is 0 Å². The topological polar surface area (TPSA) is 41.1 Å². The van der Waals surface area contributed by atoms with E-state index in [9.17, 15) is 4.39 Å². The van der Waals surface area contributed by atoms with Crippen LogP contribution in [0.2, 0.25) is 0 Å². The summed E-state index contributed by atoms with van der Waals surface area (Å²) >= 11 is 0. The van der Waals surface area contributed by atoms with Crippen LogP contribution in [0.3, 0.4) is 0 Å². The lowest BCUT2D eigenvalue weighted by atomic mass is 10.0. The summed E-state index contributed by atoms with van der Waals surface area (Å²) in [6.45, 7) is 6.92. The number of halogens is 1. The molecule has 1 fully saturated rings. The molecule has 1 aromatic heterocycles. The number of piperazine rings is 1. The highest BCUT2D eigenvalue weighted by Gasteiger charge is 2.27. The van der Waals surface area contributed by atoms with E-state index in [0.29, 0.717) is 5.52 Å². The number of aromatic nitrogens is 2. The minimum Gasteiger partial charge on any atom is -0.353 e. The van der Waals surface area contributed by atoms with Gasteiger partial charge in [-0.15, -0.1) is 0 Å². The lowest BCUT2D eigenvalue weighted by Crippen LogP contribution is -2.57. The lowest BCUT2D eigenvalue weighted by molar-refractivity contribution is 0.352. The van der Waals surface area contributed by atoms with Gasteiger partial charge in [0.05, 0.1) is 0 Å². The molecule has 1 N–H and O–H groups in total. The largest absolute Gasteiger partial charge is 0.353 e. The zero-order valence-electron chi connectivity index (χ0n) is 11.2. The third kappa shape index (κ3) is 2.26. The predicted octanol–water partition coefficient (Wildman–Crippen LogP) is 1.96. The highest BCUT2D eigenvalue weighted by molar-refractivity contribution is 5.89. The van der Waals surface area contributed by atoms with Crippen molar-refractivity contribution in [2.75, 3.05) is 24.5 Å². The van der Waals surface area contributed by atoms with Gasteiger partial charge in [0.15, 0.2) is 0 Å². The summed E-state index contributed by atoms with van der Waals surface area (Å²) in [6.07, 6.45) is 1.44. The molecule has 0 spiro atoms. The molecule has 1 aromatic carbocycles. The Kier molecular flexibility index (Phi) is 2.86. The Morgan fingerprint density at radius 2 is 2.16 bits per heavy atom. The van der Waals surface area contributed by atoms with E-state index < -0.39 is 0 Å². The van der Waals surface area contributed by atoms with E-state index in [1.807, 2.05) is 6.07 Å². The fraction of sp³-hybridized carbons (Fsp3) is 0.429. The van der Waals surface area contributed by atoms with Crippen molar-refractivity contribution in [2.24, 2.45) is 0 Å². The van der Waals surface area contributed by atoms with Crippen molar-refractivity contribution in [3.8, 4) is 0 Å². The van der Waals surface area contributed by atoms with Gasteiger partial charge in [0.25, 0.3) is 0 Å². The summed E-state index contributed by atoms with van der Waals surface area (Å²) in [6, 6.07) is 5.02. The average molecular weight is 260 g/mol. The molecule has 2 aromatic rings. The summed E-state index contributed by atoms with van der Waals surface area (Å²) in [5.41, 5.74) is 0.423. The van der Waals surface area contributed by atoms with Crippen LogP contribution in [0.4, 0.5) is 10.2 Å².